The van der Waals surface area contributed by atoms with E-state index in [1.807, 2.05) is 6.07 Å². The number of likely N-dealkylation sites (tertiary alicyclic amines) is 1. The van der Waals surface area contributed by atoms with Gasteiger partial charge < -0.3 is 4.74 Å². The second-order valence-electron chi connectivity index (χ2n) is 8.96. The van der Waals surface area contributed by atoms with E-state index < -0.39 is 0 Å². The number of benzene rings is 3. The third-order valence-corrected chi connectivity index (χ3v) is 7.20. The van der Waals surface area contributed by atoms with Crippen LogP contribution in [0, 0.1) is 5.92 Å². The fourth-order valence-corrected chi connectivity index (χ4v) is 5.82. The second-order valence-corrected chi connectivity index (χ2v) is 8.96. The monoisotopic (exact) mass is 423 g/mol. The Labute approximate surface area is 190 Å². The van der Waals surface area contributed by atoms with Gasteiger partial charge in [-0.15, -0.1) is 0 Å². The van der Waals surface area contributed by atoms with Crippen LogP contribution in [0.4, 0.5) is 0 Å². The highest BCUT2D eigenvalue weighted by Crippen LogP contribution is 2.55. The molecule has 0 amide bonds. The number of carbonyl (C=O) groups excluding carboxylic acids is 1. The smallest absolute Gasteiger partial charge is 0.159 e. The molecule has 162 valence electrons. The van der Waals surface area contributed by atoms with Crippen molar-refractivity contribution in [1.82, 2.24) is 4.90 Å². The first kappa shape index (κ1) is 20.7. The van der Waals surface area contributed by atoms with Crippen molar-refractivity contribution in [2.45, 2.75) is 30.8 Å². The van der Waals surface area contributed by atoms with Crippen LogP contribution in [0.3, 0.4) is 0 Å². The molecule has 0 N–H and O–H groups in total. The van der Waals surface area contributed by atoms with Gasteiger partial charge >= 0.3 is 0 Å². The SMILES string of the molecule is COC1=CC(=O)C[C@]2(c3ccccc3)CCN(Cc3ccccc3)[C@@H](c3ccccc3)[C@H]12. The van der Waals surface area contributed by atoms with Crippen LogP contribution in [0.1, 0.15) is 35.6 Å². The van der Waals surface area contributed by atoms with Gasteiger partial charge in [0, 0.05) is 43.0 Å². The van der Waals surface area contributed by atoms with Gasteiger partial charge in [0.25, 0.3) is 0 Å². The zero-order valence-corrected chi connectivity index (χ0v) is 18.5. The summed E-state index contributed by atoms with van der Waals surface area (Å²) in [6.07, 6.45) is 3.19. The van der Waals surface area contributed by atoms with Crippen LogP contribution in [0.2, 0.25) is 0 Å². The first-order valence-electron chi connectivity index (χ1n) is 11.4. The van der Waals surface area contributed by atoms with Gasteiger partial charge in [0.2, 0.25) is 0 Å². The molecule has 5 rings (SSSR count). The molecule has 1 fully saturated rings. The Balaban J connectivity index is 1.67. The van der Waals surface area contributed by atoms with Crippen molar-refractivity contribution in [3.8, 4) is 0 Å². The van der Waals surface area contributed by atoms with Gasteiger partial charge in [0.15, 0.2) is 5.78 Å². The van der Waals surface area contributed by atoms with Gasteiger partial charge in [0.1, 0.15) is 5.76 Å². The van der Waals surface area contributed by atoms with E-state index in [9.17, 15) is 4.79 Å². The molecule has 1 aliphatic heterocycles. The summed E-state index contributed by atoms with van der Waals surface area (Å²) >= 11 is 0. The van der Waals surface area contributed by atoms with Gasteiger partial charge in [-0.3, -0.25) is 9.69 Å². The number of ketones is 1. The van der Waals surface area contributed by atoms with Crippen LogP contribution in [-0.2, 0) is 21.5 Å². The molecular formula is C29H29NO2. The van der Waals surface area contributed by atoms with Crippen molar-refractivity contribution in [3.63, 3.8) is 0 Å². The average Bonchev–Trinajstić information content (AvgIpc) is 2.85. The lowest BCUT2D eigenvalue weighted by Crippen LogP contribution is -2.54. The van der Waals surface area contributed by atoms with E-state index in [1.165, 1.54) is 16.7 Å². The zero-order valence-electron chi connectivity index (χ0n) is 18.5. The third-order valence-electron chi connectivity index (χ3n) is 7.20. The number of methoxy groups -OCH3 is 1. The first-order valence-corrected chi connectivity index (χ1v) is 11.4. The minimum absolute atomic E-state index is 0.0625. The summed E-state index contributed by atoms with van der Waals surface area (Å²) in [4.78, 5) is 15.5. The fraction of sp³-hybridized carbons (Fsp3) is 0.276. The van der Waals surface area contributed by atoms with Gasteiger partial charge in [0.05, 0.1) is 7.11 Å². The summed E-state index contributed by atoms with van der Waals surface area (Å²) in [5, 5.41) is 0. The second kappa shape index (κ2) is 8.76. The highest BCUT2D eigenvalue weighted by atomic mass is 16.5. The highest BCUT2D eigenvalue weighted by Gasteiger charge is 2.54. The Hall–Kier alpha value is -3.17. The largest absolute Gasteiger partial charge is 0.501 e. The maximum atomic E-state index is 12.9. The van der Waals surface area contributed by atoms with E-state index in [0.717, 1.165) is 25.3 Å². The van der Waals surface area contributed by atoms with Crippen molar-refractivity contribution in [1.29, 1.82) is 0 Å². The summed E-state index contributed by atoms with van der Waals surface area (Å²) in [6, 6.07) is 32.1. The lowest BCUT2D eigenvalue weighted by molar-refractivity contribution is -0.119. The molecule has 1 aliphatic carbocycles. The molecule has 32 heavy (non-hydrogen) atoms. The molecule has 3 nitrogen and oxygen atoms in total. The Morgan fingerprint density at radius 2 is 1.53 bits per heavy atom. The molecule has 3 aromatic carbocycles. The molecule has 2 aliphatic rings. The van der Waals surface area contributed by atoms with Gasteiger partial charge in [-0.1, -0.05) is 91.0 Å². The minimum Gasteiger partial charge on any atom is -0.501 e. The molecule has 0 radical (unpaired) electrons. The van der Waals surface area contributed by atoms with Crippen molar-refractivity contribution in [2.24, 2.45) is 5.92 Å². The van der Waals surface area contributed by atoms with E-state index in [0.29, 0.717) is 6.42 Å². The number of fused-ring (bicyclic) bond motifs is 1. The Morgan fingerprint density at radius 3 is 2.19 bits per heavy atom. The molecule has 0 saturated carbocycles. The molecule has 3 atom stereocenters. The Morgan fingerprint density at radius 1 is 0.906 bits per heavy atom. The summed E-state index contributed by atoms with van der Waals surface area (Å²) in [6.45, 7) is 1.79. The molecule has 1 saturated heterocycles. The minimum atomic E-state index is -0.272. The van der Waals surface area contributed by atoms with Crippen LogP contribution >= 0.6 is 0 Å². The van der Waals surface area contributed by atoms with Crippen molar-refractivity contribution in [2.75, 3.05) is 13.7 Å². The average molecular weight is 424 g/mol. The normalized spacial score (nSPS) is 25.7. The number of piperidine rings is 1. The predicted molar refractivity (Wildman–Crippen MR) is 127 cm³/mol. The fourth-order valence-electron chi connectivity index (χ4n) is 5.82. The number of rotatable bonds is 5. The van der Waals surface area contributed by atoms with E-state index in [2.05, 4.69) is 89.8 Å². The lowest BCUT2D eigenvalue weighted by Gasteiger charge is -2.54. The number of ether oxygens (including phenoxy) is 1. The zero-order chi connectivity index (χ0) is 22.0. The molecule has 0 unspecified atom stereocenters. The van der Waals surface area contributed by atoms with Gasteiger partial charge in [-0.25, -0.2) is 0 Å². The Bertz CT molecular complexity index is 1090. The highest BCUT2D eigenvalue weighted by molar-refractivity contribution is 5.92. The molecule has 0 spiro atoms. The van der Waals surface area contributed by atoms with Crippen LogP contribution < -0.4 is 0 Å². The molecule has 1 heterocycles. The van der Waals surface area contributed by atoms with Gasteiger partial charge in [-0.2, -0.15) is 0 Å². The molecule has 0 aromatic heterocycles. The number of hydrogen-bond donors (Lipinski definition) is 0. The number of allylic oxidation sites excluding steroid dienone is 1. The van der Waals surface area contributed by atoms with Crippen molar-refractivity contribution >= 4 is 5.78 Å². The van der Waals surface area contributed by atoms with Crippen LogP contribution in [0.15, 0.2) is 103 Å². The quantitative estimate of drug-likeness (QED) is 0.528. The van der Waals surface area contributed by atoms with Gasteiger partial charge in [-0.05, 0) is 23.1 Å². The maximum absolute atomic E-state index is 12.9. The van der Waals surface area contributed by atoms with E-state index in [-0.39, 0.29) is 23.2 Å². The number of carbonyl (C=O) groups is 1. The number of nitrogens with zero attached hydrogens (tertiary/aromatic N) is 1. The summed E-state index contributed by atoms with van der Waals surface area (Å²) in [5.74, 6) is 1.02. The van der Waals surface area contributed by atoms with Crippen LogP contribution in [0.5, 0.6) is 0 Å². The Kier molecular flexibility index (Phi) is 5.67. The topological polar surface area (TPSA) is 29.5 Å². The third kappa shape index (κ3) is 3.67. The summed E-state index contributed by atoms with van der Waals surface area (Å²) in [7, 11) is 1.71. The summed E-state index contributed by atoms with van der Waals surface area (Å²) in [5.41, 5.74) is 3.54. The standard InChI is InChI=1S/C29H29NO2/c1-32-26-19-25(31)20-29(24-15-9-4-10-16-24)17-18-30(21-22-11-5-2-6-12-22)28(27(26)29)23-13-7-3-8-14-23/h2-16,19,27-28H,17-18,20-21H2,1H3/t27-,28-,29-/m0/s1. The molecule has 0 bridgehead atoms. The molecular weight excluding hydrogens is 394 g/mol. The number of hydrogen-bond acceptors (Lipinski definition) is 3. The predicted octanol–water partition coefficient (Wildman–Crippen LogP) is 5.69. The van der Waals surface area contributed by atoms with Crippen LogP contribution in [-0.4, -0.2) is 24.3 Å². The van der Waals surface area contributed by atoms with Crippen LogP contribution in [0.25, 0.3) is 0 Å². The summed E-state index contributed by atoms with van der Waals surface area (Å²) < 4.78 is 5.94. The van der Waals surface area contributed by atoms with Crippen molar-refractivity contribution in [3.05, 3.63) is 120 Å². The van der Waals surface area contributed by atoms with E-state index in [1.54, 1.807) is 13.2 Å². The van der Waals surface area contributed by atoms with E-state index >= 15 is 0 Å². The molecule has 3 aromatic rings. The van der Waals surface area contributed by atoms with E-state index in [4.69, 9.17) is 4.74 Å². The lowest BCUT2D eigenvalue weighted by atomic mass is 9.57. The first-order chi connectivity index (χ1) is 15.7. The van der Waals surface area contributed by atoms with Crippen molar-refractivity contribution < 1.29 is 9.53 Å². The maximum Gasteiger partial charge on any atom is 0.159 e. The molecule has 3 heteroatoms.